The van der Waals surface area contributed by atoms with E-state index in [9.17, 15) is 4.79 Å². The molecule has 0 aliphatic heterocycles. The lowest BCUT2D eigenvalue weighted by Gasteiger charge is -2.23. The number of aryl methyl sites for hydroxylation is 1. The van der Waals surface area contributed by atoms with Crippen LogP contribution in [-0.4, -0.2) is 17.6 Å². The molecule has 1 aromatic heterocycles. The summed E-state index contributed by atoms with van der Waals surface area (Å²) in [5.41, 5.74) is 0.552. The molecule has 1 aromatic rings. The van der Waals surface area contributed by atoms with E-state index in [1.807, 2.05) is 26.0 Å². The summed E-state index contributed by atoms with van der Waals surface area (Å²) in [5, 5.41) is 0. The summed E-state index contributed by atoms with van der Waals surface area (Å²) < 4.78 is 5.06. The van der Waals surface area contributed by atoms with Crippen LogP contribution in [0.25, 0.3) is 0 Å². The van der Waals surface area contributed by atoms with Gasteiger partial charge in [-0.05, 0) is 44.4 Å². The van der Waals surface area contributed by atoms with Crippen LogP contribution in [-0.2, 0) is 16.0 Å². The Morgan fingerprint density at radius 2 is 2.18 bits per heavy atom. The van der Waals surface area contributed by atoms with Gasteiger partial charge in [0.05, 0.1) is 12.0 Å². The summed E-state index contributed by atoms with van der Waals surface area (Å²) in [5.74, 6) is -0.205. The molecule has 0 saturated carbocycles. The van der Waals surface area contributed by atoms with Gasteiger partial charge in [0.2, 0.25) is 0 Å². The van der Waals surface area contributed by atoms with Crippen molar-refractivity contribution in [1.29, 1.82) is 0 Å². The molecule has 3 nitrogen and oxygen atoms in total. The minimum Gasteiger partial charge on any atom is -0.465 e. The van der Waals surface area contributed by atoms with E-state index in [2.05, 4.69) is 11.6 Å². The zero-order valence-corrected chi connectivity index (χ0v) is 10.5. The summed E-state index contributed by atoms with van der Waals surface area (Å²) in [4.78, 5) is 15.8. The van der Waals surface area contributed by atoms with Gasteiger partial charge >= 0.3 is 5.97 Å². The van der Waals surface area contributed by atoms with E-state index in [1.54, 1.807) is 18.5 Å². The predicted octanol–water partition coefficient (Wildman–Crippen LogP) is 2.77. The van der Waals surface area contributed by atoms with Crippen LogP contribution in [0.15, 0.2) is 37.2 Å². The summed E-state index contributed by atoms with van der Waals surface area (Å²) in [6.45, 7) is 7.81. The molecule has 0 fully saturated rings. The number of carbonyl (C=O) groups excluding carboxylic acids is 1. The summed E-state index contributed by atoms with van der Waals surface area (Å²) in [6.07, 6.45) is 6.69. The molecule has 0 bridgehead atoms. The normalized spacial score (nSPS) is 13.8. The Hall–Kier alpha value is -1.64. The molecule has 1 unspecified atom stereocenters. The average molecular weight is 233 g/mol. The number of hydrogen-bond donors (Lipinski definition) is 0. The molecule has 0 N–H and O–H groups in total. The summed E-state index contributed by atoms with van der Waals surface area (Å²) >= 11 is 0. The van der Waals surface area contributed by atoms with Crippen molar-refractivity contribution in [3.05, 3.63) is 42.7 Å². The van der Waals surface area contributed by atoms with Gasteiger partial charge in [0, 0.05) is 12.4 Å². The number of hydrogen-bond acceptors (Lipinski definition) is 3. The third-order valence-corrected chi connectivity index (χ3v) is 2.87. The zero-order chi connectivity index (χ0) is 12.7. The van der Waals surface area contributed by atoms with Crippen LogP contribution in [0.2, 0.25) is 0 Å². The lowest BCUT2D eigenvalue weighted by molar-refractivity contribution is -0.151. The molecular formula is C14H19NO2. The van der Waals surface area contributed by atoms with Crippen LogP contribution in [0, 0.1) is 5.41 Å². The van der Waals surface area contributed by atoms with E-state index in [1.165, 1.54) is 0 Å². The second kappa shape index (κ2) is 6.18. The van der Waals surface area contributed by atoms with Gasteiger partial charge < -0.3 is 4.74 Å². The van der Waals surface area contributed by atoms with E-state index < -0.39 is 5.41 Å². The molecule has 3 heteroatoms. The fourth-order valence-electron chi connectivity index (χ4n) is 1.54. The number of rotatable bonds is 6. The number of esters is 1. The summed E-state index contributed by atoms with van der Waals surface area (Å²) in [7, 11) is 0. The largest absolute Gasteiger partial charge is 0.465 e. The highest BCUT2D eigenvalue weighted by Crippen LogP contribution is 2.26. The molecule has 0 aliphatic rings. The first-order valence-electron chi connectivity index (χ1n) is 5.82. The van der Waals surface area contributed by atoms with Crippen molar-refractivity contribution in [2.75, 3.05) is 6.61 Å². The molecule has 0 aromatic carbocycles. The van der Waals surface area contributed by atoms with Crippen molar-refractivity contribution in [1.82, 2.24) is 4.98 Å². The Morgan fingerprint density at radius 3 is 2.71 bits per heavy atom. The highest BCUT2D eigenvalue weighted by atomic mass is 16.5. The first-order valence-corrected chi connectivity index (χ1v) is 5.82. The molecule has 0 saturated heterocycles. The lowest BCUT2D eigenvalue weighted by atomic mass is 9.84. The second-order valence-corrected chi connectivity index (χ2v) is 4.20. The molecule has 0 radical (unpaired) electrons. The van der Waals surface area contributed by atoms with Crippen LogP contribution in [0.5, 0.6) is 0 Å². The van der Waals surface area contributed by atoms with Gasteiger partial charge in [-0.2, -0.15) is 0 Å². The second-order valence-electron chi connectivity index (χ2n) is 4.20. The monoisotopic (exact) mass is 233 g/mol. The molecule has 1 rings (SSSR count). The van der Waals surface area contributed by atoms with Crippen LogP contribution in [0.4, 0.5) is 0 Å². The van der Waals surface area contributed by atoms with Gasteiger partial charge in [0.25, 0.3) is 0 Å². The Labute approximate surface area is 103 Å². The van der Waals surface area contributed by atoms with E-state index >= 15 is 0 Å². The van der Waals surface area contributed by atoms with Crippen molar-refractivity contribution < 1.29 is 9.53 Å². The number of aromatic nitrogens is 1. The standard InChI is InChI=1S/C14H19NO2/c1-4-14(3,13(16)17-5-2)9-6-12-7-10-15-11-8-12/h4,7-8,10-11H,1,5-6,9H2,2-3H3. The Balaban J connectivity index is 2.63. The topological polar surface area (TPSA) is 39.2 Å². The van der Waals surface area contributed by atoms with Gasteiger partial charge in [0.15, 0.2) is 0 Å². The van der Waals surface area contributed by atoms with Crippen LogP contribution < -0.4 is 0 Å². The highest BCUT2D eigenvalue weighted by Gasteiger charge is 2.30. The van der Waals surface area contributed by atoms with E-state index in [0.717, 1.165) is 12.0 Å². The van der Waals surface area contributed by atoms with Crippen molar-refractivity contribution >= 4 is 5.97 Å². The molecule has 0 aliphatic carbocycles. The molecule has 1 atom stereocenters. The maximum atomic E-state index is 11.8. The van der Waals surface area contributed by atoms with Crippen molar-refractivity contribution in [3.63, 3.8) is 0 Å². The van der Waals surface area contributed by atoms with E-state index in [4.69, 9.17) is 4.74 Å². The van der Waals surface area contributed by atoms with Gasteiger partial charge in [-0.1, -0.05) is 6.08 Å². The third kappa shape index (κ3) is 3.70. The highest BCUT2D eigenvalue weighted by molar-refractivity contribution is 5.78. The maximum Gasteiger partial charge on any atom is 0.315 e. The fraction of sp³-hybridized carbons (Fsp3) is 0.429. The Morgan fingerprint density at radius 1 is 1.53 bits per heavy atom. The van der Waals surface area contributed by atoms with E-state index in [-0.39, 0.29) is 5.97 Å². The van der Waals surface area contributed by atoms with Gasteiger partial charge in [-0.15, -0.1) is 6.58 Å². The summed E-state index contributed by atoms with van der Waals surface area (Å²) in [6, 6.07) is 3.91. The third-order valence-electron chi connectivity index (χ3n) is 2.87. The Bertz CT molecular complexity index is 375. The van der Waals surface area contributed by atoms with Gasteiger partial charge in [0.1, 0.15) is 0 Å². The number of ether oxygens (including phenoxy) is 1. The zero-order valence-electron chi connectivity index (χ0n) is 10.5. The van der Waals surface area contributed by atoms with Crippen LogP contribution in [0.3, 0.4) is 0 Å². The first kappa shape index (κ1) is 13.4. The molecule has 0 amide bonds. The quantitative estimate of drug-likeness (QED) is 0.560. The van der Waals surface area contributed by atoms with Crippen LogP contribution >= 0.6 is 0 Å². The average Bonchev–Trinajstić information content (AvgIpc) is 2.37. The van der Waals surface area contributed by atoms with E-state index in [0.29, 0.717) is 13.0 Å². The number of nitrogens with zero attached hydrogens (tertiary/aromatic N) is 1. The van der Waals surface area contributed by atoms with Crippen molar-refractivity contribution in [3.8, 4) is 0 Å². The molecule has 92 valence electrons. The molecule has 0 spiro atoms. The Kier molecular flexibility index (Phi) is 4.88. The first-order chi connectivity index (χ1) is 8.12. The fourth-order valence-corrected chi connectivity index (χ4v) is 1.54. The van der Waals surface area contributed by atoms with Crippen molar-refractivity contribution in [2.24, 2.45) is 5.41 Å². The van der Waals surface area contributed by atoms with Gasteiger partial charge in [-0.3, -0.25) is 9.78 Å². The van der Waals surface area contributed by atoms with Crippen LogP contribution in [0.1, 0.15) is 25.8 Å². The number of pyridine rings is 1. The van der Waals surface area contributed by atoms with Crippen molar-refractivity contribution in [2.45, 2.75) is 26.7 Å². The molecular weight excluding hydrogens is 214 g/mol. The van der Waals surface area contributed by atoms with Gasteiger partial charge in [-0.25, -0.2) is 0 Å². The minimum atomic E-state index is -0.612. The lowest BCUT2D eigenvalue weighted by Crippen LogP contribution is -2.28. The molecule has 1 heterocycles. The molecule has 17 heavy (non-hydrogen) atoms. The minimum absolute atomic E-state index is 0.205. The SMILES string of the molecule is C=CC(C)(CCc1ccncc1)C(=O)OCC. The predicted molar refractivity (Wildman–Crippen MR) is 67.5 cm³/mol. The maximum absolute atomic E-state index is 11.8. The number of carbonyl (C=O) groups is 1. The smallest absolute Gasteiger partial charge is 0.315 e.